The Bertz CT molecular complexity index is 7870. The number of furan rings is 4. The van der Waals surface area contributed by atoms with Gasteiger partial charge in [0.05, 0.1) is 33.0 Å². The molecule has 12 nitrogen and oxygen atoms in total. The van der Waals surface area contributed by atoms with Gasteiger partial charge in [-0.1, -0.05) is 117 Å². The lowest BCUT2D eigenvalue weighted by Crippen LogP contribution is -2.33. The van der Waals surface area contributed by atoms with E-state index < -0.39 is 11.8 Å². The summed E-state index contributed by atoms with van der Waals surface area (Å²) in [6.07, 6.45) is 6.00. The Morgan fingerprint density at radius 1 is 0.355 bits per heavy atom. The second kappa shape index (κ2) is 32.1. The summed E-state index contributed by atoms with van der Waals surface area (Å²) in [5, 5.41) is 15.9. The van der Waals surface area contributed by atoms with Gasteiger partial charge in [0.2, 0.25) is 56.7 Å². The SMILES string of the molecule is CCCc1cc(-c2c(C)c(C)cc3c2oc2nc(C)ccc23)[n+](C)c2ccccc12.Cc1ccc2c(n1)oc1c(-c3c4ccc(CC(C)(C)C)cc4cc[n+]3C)c(C)c(C)cc12.Cc1ccc2c(n1)oc1c(-c3cc(C(C)C)c4ccccc4[n+]3C)c(C)c(C)cc12.[2H]C([2H])(c1ccc2c(-c3c(C)c(C)cc4c3oc3nc(C)ccc34)[n+](C)ccc2c1)C(C)(C)C. The second-order valence-corrected chi connectivity index (χ2v) is 37.4. The fourth-order valence-electron chi connectivity index (χ4n) is 18.7. The summed E-state index contributed by atoms with van der Waals surface area (Å²) in [6.45, 7) is 44.9. The largest absolute Gasteiger partial charge is 0.437 e. The molecule has 8 aromatic carbocycles. The number of hydrogen-bond acceptors (Lipinski definition) is 8. The Hall–Kier alpha value is -12.8. The molecule has 624 valence electrons. The lowest BCUT2D eigenvalue weighted by atomic mass is 9.87. The minimum absolute atomic E-state index is 0.259. The van der Waals surface area contributed by atoms with Gasteiger partial charge >= 0.3 is 0 Å². The smallest absolute Gasteiger partial charge is 0.227 e. The zero-order valence-corrected chi connectivity index (χ0v) is 76.9. The third-order valence-electron chi connectivity index (χ3n) is 25.4. The molecule has 0 spiro atoms. The van der Waals surface area contributed by atoms with Gasteiger partial charge in [-0.05, 0) is 294 Å². The van der Waals surface area contributed by atoms with E-state index in [0.717, 1.165) is 141 Å². The number of aromatic nitrogens is 8. The first-order valence-corrected chi connectivity index (χ1v) is 43.8. The predicted molar refractivity (Wildman–Crippen MR) is 514 cm³/mol. The van der Waals surface area contributed by atoms with Gasteiger partial charge in [-0.3, -0.25) is 0 Å². The van der Waals surface area contributed by atoms with Gasteiger partial charge in [0.15, 0.2) is 34.7 Å². The summed E-state index contributed by atoms with van der Waals surface area (Å²) in [5.41, 5.74) is 36.4. The van der Waals surface area contributed by atoms with Crippen molar-refractivity contribution in [1.82, 2.24) is 19.9 Å². The first-order chi connectivity index (χ1) is 59.9. The van der Waals surface area contributed by atoms with E-state index in [-0.39, 0.29) is 5.41 Å². The summed E-state index contributed by atoms with van der Waals surface area (Å²) in [6, 6.07) is 64.8. The molecule has 0 atom stereocenters. The maximum atomic E-state index is 8.74. The van der Waals surface area contributed by atoms with Crippen LogP contribution in [0.3, 0.4) is 0 Å². The van der Waals surface area contributed by atoms with Gasteiger partial charge < -0.3 is 17.7 Å². The Morgan fingerprint density at radius 2 is 0.702 bits per heavy atom. The molecule has 0 aliphatic rings. The molecule has 0 saturated heterocycles. The fraction of sp³-hybridized carbons (Fsp3) is 0.286. The van der Waals surface area contributed by atoms with Crippen molar-refractivity contribution in [2.75, 3.05) is 0 Å². The number of rotatable bonds is 9. The third kappa shape index (κ3) is 15.2. The molecule has 0 unspecified atom stereocenters. The Morgan fingerprint density at radius 3 is 1.09 bits per heavy atom. The monoisotopic (exact) mass is 1640 g/mol. The molecule has 20 aromatic rings. The van der Waals surface area contributed by atoms with E-state index >= 15 is 0 Å². The van der Waals surface area contributed by atoms with Crippen LogP contribution in [0.5, 0.6) is 0 Å². The molecule has 124 heavy (non-hydrogen) atoms. The third-order valence-corrected chi connectivity index (χ3v) is 25.4. The van der Waals surface area contributed by atoms with Crippen molar-refractivity contribution in [2.45, 2.75) is 177 Å². The number of aryl methyl sites for hydroxylation is 13. The summed E-state index contributed by atoms with van der Waals surface area (Å²) < 4.78 is 52.1. The van der Waals surface area contributed by atoms with Gasteiger partial charge in [0, 0.05) is 116 Å². The number of pyridine rings is 8. The number of nitrogens with zero attached hydrogens (tertiary/aromatic N) is 8. The Kier molecular flexibility index (Phi) is 21.0. The van der Waals surface area contributed by atoms with E-state index in [1.54, 1.807) is 0 Å². The molecule has 0 bridgehead atoms. The molecule has 0 saturated carbocycles. The maximum Gasteiger partial charge on any atom is 0.227 e. The average molecular weight is 1640 g/mol. The van der Waals surface area contributed by atoms with Crippen LogP contribution in [0.1, 0.15) is 167 Å². The zero-order valence-electron chi connectivity index (χ0n) is 78.9. The predicted octanol–water partition coefficient (Wildman–Crippen LogP) is 27.5. The molecule has 0 aliphatic heterocycles. The molecule has 0 N–H and O–H groups in total. The number of para-hydroxylation sites is 2. The van der Waals surface area contributed by atoms with E-state index in [2.05, 4.69) is 333 Å². The standard InChI is InChI=1S/2C29H31N2O.2C27H27N2O/c2*1-17-14-24-23-10-8-18(2)30-28(23)32-27(24)25(19(17)3)26-22-11-9-20(16-29(4,5)6)15-21(22)12-13-31(26)7;1-15(2)21-14-24(29(6)23-10-8-7-9-19(21)23)25-18(5)16(3)13-22-20-12-11-17(4)28-27(20)30-26(22)25;1-6-9-19-15-24(29(5)23-11-8-7-10-20(19)23)25-18(4)16(2)14-22-21-13-12-17(3)28-27(21)30-26(22)25/h2*8-15H,16H2,1-7H3;7-15H,1-6H3;7-8,10-15H,6,9H2,1-5H3/q4*+1/i16D2;;;. The van der Waals surface area contributed by atoms with Gasteiger partial charge in [-0.15, -0.1) is 0 Å². The van der Waals surface area contributed by atoms with Crippen molar-refractivity contribution in [3.8, 4) is 45.0 Å². The molecule has 12 heterocycles. The lowest BCUT2D eigenvalue weighted by Gasteiger charge is -2.18. The number of hydrogen-bond donors (Lipinski definition) is 0. The molecule has 12 aromatic heterocycles. The summed E-state index contributed by atoms with van der Waals surface area (Å²) >= 11 is 0. The first kappa shape index (κ1) is 80.9. The molecular weight excluding hydrogens is 1520 g/mol. The van der Waals surface area contributed by atoms with Crippen LogP contribution in [0.15, 0.2) is 212 Å². The number of benzene rings is 8. The molecule has 0 fully saturated rings. The molecular formula is C112H116N8O4+4. The lowest BCUT2D eigenvalue weighted by molar-refractivity contribution is -0.659. The van der Waals surface area contributed by atoms with E-state index in [0.29, 0.717) is 34.3 Å². The van der Waals surface area contributed by atoms with Crippen molar-refractivity contribution in [1.29, 1.82) is 0 Å². The molecule has 0 radical (unpaired) electrons. The highest BCUT2D eigenvalue weighted by atomic mass is 16.4. The van der Waals surface area contributed by atoms with Crippen LogP contribution in [0.25, 0.3) is 177 Å². The van der Waals surface area contributed by atoms with Gasteiger partial charge in [0.25, 0.3) is 0 Å². The molecule has 12 heteroatoms. The maximum absolute atomic E-state index is 8.74. The van der Waals surface area contributed by atoms with E-state index in [4.69, 9.17) is 20.4 Å². The highest BCUT2D eigenvalue weighted by Gasteiger charge is 2.32. The van der Waals surface area contributed by atoms with E-state index in [1.165, 1.54) is 116 Å². The topological polar surface area (TPSA) is 120 Å². The zero-order chi connectivity index (χ0) is 89.5. The van der Waals surface area contributed by atoms with E-state index in [9.17, 15) is 0 Å². The van der Waals surface area contributed by atoms with Crippen molar-refractivity contribution in [2.24, 2.45) is 39.0 Å². The van der Waals surface area contributed by atoms with Crippen molar-refractivity contribution >= 4 is 132 Å². The Balaban J connectivity index is 0.000000119. The van der Waals surface area contributed by atoms with Crippen molar-refractivity contribution < 1.29 is 38.7 Å². The normalized spacial score (nSPS) is 12.5. The summed E-state index contributed by atoms with van der Waals surface area (Å²) in [5.74, 6) is 0.426. The summed E-state index contributed by atoms with van der Waals surface area (Å²) in [7, 11) is 8.48. The molecule has 0 amide bonds. The van der Waals surface area contributed by atoms with Crippen LogP contribution in [-0.2, 0) is 47.4 Å². The average Bonchev–Trinajstić information content (AvgIpc) is 1.63. The molecule has 20 rings (SSSR count). The number of fused-ring (bicyclic) bond motifs is 16. The van der Waals surface area contributed by atoms with Gasteiger partial charge in [-0.2, -0.15) is 9.13 Å². The van der Waals surface area contributed by atoms with Crippen LogP contribution in [-0.4, -0.2) is 19.9 Å². The second-order valence-electron chi connectivity index (χ2n) is 37.4. The van der Waals surface area contributed by atoms with Gasteiger partial charge in [0.1, 0.15) is 28.2 Å². The highest BCUT2D eigenvalue weighted by molar-refractivity contribution is 6.15. The quantitative estimate of drug-likeness (QED) is 0.131. The minimum Gasteiger partial charge on any atom is -0.437 e. The van der Waals surface area contributed by atoms with Crippen molar-refractivity contribution in [3.63, 3.8) is 0 Å². The molecule has 0 aliphatic carbocycles. The Labute approximate surface area is 730 Å². The van der Waals surface area contributed by atoms with Crippen molar-refractivity contribution in [3.05, 3.63) is 284 Å². The van der Waals surface area contributed by atoms with Crippen LogP contribution >= 0.6 is 0 Å². The fourth-order valence-corrected chi connectivity index (χ4v) is 18.7. The van der Waals surface area contributed by atoms with Gasteiger partial charge in [-0.25, -0.2) is 29.1 Å². The van der Waals surface area contributed by atoms with Crippen LogP contribution in [0, 0.1) is 93.9 Å². The first-order valence-electron chi connectivity index (χ1n) is 44.8. The van der Waals surface area contributed by atoms with E-state index in [1.807, 2.05) is 72.9 Å². The van der Waals surface area contributed by atoms with Crippen LogP contribution in [0.4, 0.5) is 0 Å². The van der Waals surface area contributed by atoms with Crippen LogP contribution in [0.2, 0.25) is 0 Å². The summed E-state index contributed by atoms with van der Waals surface area (Å²) in [4.78, 5) is 18.6. The highest BCUT2D eigenvalue weighted by Crippen LogP contribution is 2.46. The minimum atomic E-state index is -1.45. The van der Waals surface area contributed by atoms with Crippen LogP contribution < -0.4 is 18.3 Å².